The highest BCUT2D eigenvalue weighted by atomic mass is 16.5. The van der Waals surface area contributed by atoms with Crippen LogP contribution in [0, 0.1) is 6.92 Å². The Bertz CT molecular complexity index is 1310. The normalized spacial score (nSPS) is 10.8. The predicted molar refractivity (Wildman–Crippen MR) is 111 cm³/mol. The van der Waals surface area contributed by atoms with Crippen molar-refractivity contribution in [2.45, 2.75) is 6.92 Å². The molecule has 2 N–H and O–H groups in total. The number of benzene rings is 2. The van der Waals surface area contributed by atoms with Gasteiger partial charge in [-0.25, -0.2) is 0 Å². The van der Waals surface area contributed by atoms with Gasteiger partial charge >= 0.3 is 0 Å². The molecule has 9 nitrogen and oxygen atoms in total. The molecule has 0 fully saturated rings. The lowest BCUT2D eigenvalue weighted by Crippen LogP contribution is -2.18. The number of carbonyl (C=O) groups excluding carboxylic acids is 1. The number of aryl methyl sites for hydroxylation is 1. The Morgan fingerprint density at radius 3 is 2.60 bits per heavy atom. The Balaban J connectivity index is 1.72. The van der Waals surface area contributed by atoms with E-state index in [0.29, 0.717) is 22.9 Å². The minimum absolute atomic E-state index is 0.194. The maximum absolute atomic E-state index is 12.8. The molecular formula is C21H19N5O4. The summed E-state index contributed by atoms with van der Waals surface area (Å²) in [5.41, 5.74) is 1.78. The molecule has 4 rings (SSSR count). The van der Waals surface area contributed by atoms with E-state index in [2.05, 4.69) is 20.4 Å². The van der Waals surface area contributed by atoms with Gasteiger partial charge in [-0.1, -0.05) is 23.8 Å². The molecule has 0 radical (unpaired) electrons. The summed E-state index contributed by atoms with van der Waals surface area (Å²) in [5.74, 6) is 1.34. The molecule has 152 valence electrons. The fraction of sp³-hybridized carbons (Fsp3) is 0.143. The maximum Gasteiger partial charge on any atom is 0.256 e. The largest absolute Gasteiger partial charge is 0.493 e. The van der Waals surface area contributed by atoms with Crippen molar-refractivity contribution in [1.82, 2.24) is 19.6 Å². The molecule has 1 amide bonds. The highest BCUT2D eigenvalue weighted by Crippen LogP contribution is 2.28. The van der Waals surface area contributed by atoms with Gasteiger partial charge in [0.25, 0.3) is 11.5 Å². The molecule has 0 bridgehead atoms. The van der Waals surface area contributed by atoms with E-state index in [1.54, 1.807) is 18.2 Å². The summed E-state index contributed by atoms with van der Waals surface area (Å²) < 4.78 is 11.8. The molecule has 0 saturated heterocycles. The van der Waals surface area contributed by atoms with E-state index < -0.39 is 11.5 Å². The van der Waals surface area contributed by atoms with Crippen LogP contribution in [-0.4, -0.2) is 39.7 Å². The van der Waals surface area contributed by atoms with Gasteiger partial charge in [0, 0.05) is 17.2 Å². The number of hydrogen-bond donors (Lipinski definition) is 2. The van der Waals surface area contributed by atoms with Crippen LogP contribution in [0.15, 0.2) is 53.3 Å². The molecule has 30 heavy (non-hydrogen) atoms. The molecule has 0 saturated carbocycles. The van der Waals surface area contributed by atoms with E-state index in [4.69, 9.17) is 9.47 Å². The molecule has 9 heteroatoms. The summed E-state index contributed by atoms with van der Waals surface area (Å²) >= 11 is 0. The van der Waals surface area contributed by atoms with Crippen LogP contribution in [0.3, 0.4) is 0 Å². The Morgan fingerprint density at radius 2 is 1.87 bits per heavy atom. The summed E-state index contributed by atoms with van der Waals surface area (Å²) in [6.45, 7) is 1.97. The number of amides is 1. The lowest BCUT2D eigenvalue weighted by atomic mass is 10.1. The molecule has 2 heterocycles. The fourth-order valence-electron chi connectivity index (χ4n) is 3.05. The first kappa shape index (κ1) is 19.2. The van der Waals surface area contributed by atoms with Crippen molar-refractivity contribution >= 4 is 17.5 Å². The Labute approximate surface area is 171 Å². The Kier molecular flexibility index (Phi) is 4.93. The summed E-state index contributed by atoms with van der Waals surface area (Å²) in [5, 5.41) is 7.16. The van der Waals surface area contributed by atoms with Crippen molar-refractivity contribution in [1.29, 1.82) is 0 Å². The number of ether oxygens (including phenoxy) is 2. The summed E-state index contributed by atoms with van der Waals surface area (Å²) in [6, 6.07) is 13.7. The standard InChI is InChI=1S/C21H19N5O4/c1-12-5-4-6-13(9-12)19-24-21-23-18(27)11-17(26(21)25-19)22-20(28)14-7-8-15(29-2)16(10-14)30-3/h4-11H,1-3H3,(H,22,28)(H,23,24,25,27). The minimum Gasteiger partial charge on any atom is -0.493 e. The fourth-order valence-corrected chi connectivity index (χ4v) is 3.05. The molecule has 2 aromatic heterocycles. The van der Waals surface area contributed by atoms with Crippen LogP contribution >= 0.6 is 0 Å². The van der Waals surface area contributed by atoms with Gasteiger partial charge in [0.05, 0.1) is 14.2 Å². The first-order valence-electron chi connectivity index (χ1n) is 9.09. The molecule has 0 aliphatic carbocycles. The first-order chi connectivity index (χ1) is 14.5. The van der Waals surface area contributed by atoms with Crippen LogP contribution in [0.4, 0.5) is 5.82 Å². The second-order valence-corrected chi connectivity index (χ2v) is 6.58. The number of aromatic nitrogens is 4. The Morgan fingerprint density at radius 1 is 1.07 bits per heavy atom. The van der Waals surface area contributed by atoms with Crippen molar-refractivity contribution in [3.63, 3.8) is 0 Å². The second-order valence-electron chi connectivity index (χ2n) is 6.58. The monoisotopic (exact) mass is 405 g/mol. The van der Waals surface area contributed by atoms with Gasteiger partial charge in [-0.15, -0.1) is 5.10 Å². The molecule has 0 aliphatic rings. The molecule has 0 spiro atoms. The van der Waals surface area contributed by atoms with Crippen molar-refractivity contribution in [2.24, 2.45) is 0 Å². The van der Waals surface area contributed by atoms with Gasteiger partial charge in [0.1, 0.15) is 5.82 Å². The van der Waals surface area contributed by atoms with Gasteiger partial charge in [0.2, 0.25) is 5.78 Å². The van der Waals surface area contributed by atoms with Crippen molar-refractivity contribution in [3.8, 4) is 22.9 Å². The van der Waals surface area contributed by atoms with Gasteiger partial charge in [0.15, 0.2) is 17.3 Å². The number of methoxy groups -OCH3 is 2. The summed E-state index contributed by atoms with van der Waals surface area (Å²) in [4.78, 5) is 31.9. The lowest BCUT2D eigenvalue weighted by molar-refractivity contribution is 0.102. The average molecular weight is 405 g/mol. The highest BCUT2D eigenvalue weighted by molar-refractivity contribution is 6.04. The number of carbonyl (C=O) groups is 1. The van der Waals surface area contributed by atoms with Crippen LogP contribution in [0.2, 0.25) is 0 Å². The van der Waals surface area contributed by atoms with E-state index in [9.17, 15) is 9.59 Å². The topological polar surface area (TPSA) is 111 Å². The van der Waals surface area contributed by atoms with E-state index >= 15 is 0 Å². The summed E-state index contributed by atoms with van der Waals surface area (Å²) in [7, 11) is 3.00. The number of H-pyrrole nitrogens is 1. The zero-order valence-electron chi connectivity index (χ0n) is 16.6. The van der Waals surface area contributed by atoms with E-state index in [1.807, 2.05) is 31.2 Å². The molecule has 2 aromatic carbocycles. The molecule has 0 aliphatic heterocycles. The van der Waals surface area contributed by atoms with Gasteiger partial charge in [-0.3, -0.25) is 14.6 Å². The van der Waals surface area contributed by atoms with Crippen LogP contribution < -0.4 is 20.3 Å². The van der Waals surface area contributed by atoms with E-state index in [-0.39, 0.29) is 11.6 Å². The van der Waals surface area contributed by atoms with Crippen LogP contribution in [0.1, 0.15) is 15.9 Å². The van der Waals surface area contributed by atoms with Crippen molar-refractivity contribution in [3.05, 3.63) is 70.0 Å². The number of hydrogen-bond acceptors (Lipinski definition) is 6. The molecule has 4 aromatic rings. The smallest absolute Gasteiger partial charge is 0.256 e. The van der Waals surface area contributed by atoms with E-state index in [1.165, 1.54) is 24.8 Å². The second kappa shape index (κ2) is 7.70. The molecule has 0 unspecified atom stereocenters. The van der Waals surface area contributed by atoms with Gasteiger partial charge in [-0.2, -0.15) is 9.50 Å². The predicted octanol–water partition coefficient (Wildman–Crippen LogP) is 2.66. The number of fused-ring (bicyclic) bond motifs is 1. The number of nitrogens with zero attached hydrogens (tertiary/aromatic N) is 3. The quantitative estimate of drug-likeness (QED) is 0.528. The number of aromatic amines is 1. The first-order valence-corrected chi connectivity index (χ1v) is 9.09. The zero-order valence-corrected chi connectivity index (χ0v) is 16.6. The third-order valence-electron chi connectivity index (χ3n) is 4.50. The minimum atomic E-state index is -0.435. The van der Waals surface area contributed by atoms with Gasteiger partial charge in [-0.05, 0) is 31.2 Å². The molecular weight excluding hydrogens is 386 g/mol. The van der Waals surface area contributed by atoms with Crippen molar-refractivity contribution in [2.75, 3.05) is 19.5 Å². The zero-order chi connectivity index (χ0) is 21.3. The SMILES string of the molecule is COc1ccc(C(=O)Nc2cc(=O)[nH]c3nc(-c4cccc(C)c4)nn23)cc1OC. The number of anilines is 1. The van der Waals surface area contributed by atoms with Crippen molar-refractivity contribution < 1.29 is 14.3 Å². The Hall–Kier alpha value is -4.14. The van der Waals surface area contributed by atoms with Crippen LogP contribution in [0.25, 0.3) is 17.2 Å². The molecule has 0 atom stereocenters. The third kappa shape index (κ3) is 3.60. The third-order valence-corrected chi connectivity index (χ3v) is 4.50. The van der Waals surface area contributed by atoms with Gasteiger partial charge < -0.3 is 14.8 Å². The lowest BCUT2D eigenvalue weighted by Gasteiger charge is -2.10. The number of nitrogens with one attached hydrogen (secondary N) is 2. The van der Waals surface area contributed by atoms with E-state index in [0.717, 1.165) is 11.1 Å². The highest BCUT2D eigenvalue weighted by Gasteiger charge is 2.15. The van der Waals surface area contributed by atoms with Crippen LogP contribution in [-0.2, 0) is 0 Å². The van der Waals surface area contributed by atoms with Crippen LogP contribution in [0.5, 0.6) is 11.5 Å². The number of rotatable bonds is 5. The average Bonchev–Trinajstić information content (AvgIpc) is 3.17. The summed E-state index contributed by atoms with van der Waals surface area (Å²) in [6.07, 6.45) is 0. The maximum atomic E-state index is 12.8.